The monoisotopic (exact) mass is 226 g/mol. The van der Waals surface area contributed by atoms with Gasteiger partial charge in [-0.05, 0) is 24.8 Å². The van der Waals surface area contributed by atoms with Crippen molar-refractivity contribution in [2.75, 3.05) is 18.4 Å². The highest BCUT2D eigenvalue weighted by atomic mass is 32.1. The minimum atomic E-state index is 0.371. The first-order chi connectivity index (χ1) is 7.18. The van der Waals surface area contributed by atoms with E-state index in [0.717, 1.165) is 18.2 Å². The second-order valence-electron chi connectivity index (χ2n) is 4.72. The van der Waals surface area contributed by atoms with Gasteiger partial charge in [-0.15, -0.1) is 10.2 Å². The molecule has 5 heteroatoms. The summed E-state index contributed by atoms with van der Waals surface area (Å²) in [6, 6.07) is 0.523. The van der Waals surface area contributed by atoms with E-state index in [1.54, 1.807) is 16.8 Å². The number of hydrogen-bond donors (Lipinski definition) is 2. The van der Waals surface area contributed by atoms with Crippen molar-refractivity contribution >= 4 is 16.5 Å². The van der Waals surface area contributed by atoms with Crippen molar-refractivity contribution in [3.63, 3.8) is 0 Å². The van der Waals surface area contributed by atoms with E-state index in [2.05, 4.69) is 34.7 Å². The van der Waals surface area contributed by atoms with E-state index < -0.39 is 0 Å². The predicted octanol–water partition coefficient (Wildman–Crippen LogP) is 1.73. The lowest BCUT2D eigenvalue weighted by Crippen LogP contribution is -2.50. The second kappa shape index (κ2) is 4.45. The molecule has 1 aromatic heterocycles. The molecule has 0 spiro atoms. The van der Waals surface area contributed by atoms with Crippen LogP contribution in [0.5, 0.6) is 0 Å². The zero-order chi connectivity index (χ0) is 10.7. The molecule has 0 amide bonds. The van der Waals surface area contributed by atoms with E-state index in [1.165, 1.54) is 12.8 Å². The van der Waals surface area contributed by atoms with Crippen LogP contribution in [0.2, 0.25) is 0 Å². The molecule has 2 N–H and O–H groups in total. The molecule has 0 saturated carbocycles. The number of nitrogens with one attached hydrogen (secondary N) is 2. The van der Waals surface area contributed by atoms with Crippen LogP contribution in [-0.4, -0.2) is 29.3 Å². The molecule has 0 bridgehead atoms. The standard InChI is InChI=1S/C10H18N4S/c1-10(2)4-3-5-11-8(10)6-12-9-14-13-7-15-9/h7-8,11H,3-6H2,1-2H3,(H,12,14). The Morgan fingerprint density at radius 3 is 3.20 bits per heavy atom. The number of piperidine rings is 1. The second-order valence-corrected chi connectivity index (χ2v) is 5.56. The van der Waals surface area contributed by atoms with Crippen molar-refractivity contribution in [1.82, 2.24) is 15.5 Å². The van der Waals surface area contributed by atoms with Crippen molar-refractivity contribution in [2.45, 2.75) is 32.7 Å². The third-order valence-electron chi connectivity index (χ3n) is 3.15. The van der Waals surface area contributed by atoms with Gasteiger partial charge < -0.3 is 10.6 Å². The zero-order valence-electron chi connectivity index (χ0n) is 9.29. The predicted molar refractivity (Wildman–Crippen MR) is 63.2 cm³/mol. The van der Waals surface area contributed by atoms with Crippen molar-refractivity contribution in [1.29, 1.82) is 0 Å². The summed E-state index contributed by atoms with van der Waals surface area (Å²) in [7, 11) is 0. The summed E-state index contributed by atoms with van der Waals surface area (Å²) in [4.78, 5) is 0. The number of rotatable bonds is 3. The topological polar surface area (TPSA) is 49.8 Å². The van der Waals surface area contributed by atoms with Gasteiger partial charge in [0.25, 0.3) is 0 Å². The van der Waals surface area contributed by atoms with Crippen LogP contribution in [0.4, 0.5) is 5.13 Å². The normalized spacial score (nSPS) is 25.1. The molecule has 15 heavy (non-hydrogen) atoms. The molecule has 84 valence electrons. The molecular weight excluding hydrogens is 208 g/mol. The lowest BCUT2D eigenvalue weighted by molar-refractivity contribution is 0.188. The number of hydrogen-bond acceptors (Lipinski definition) is 5. The molecule has 0 aliphatic carbocycles. The van der Waals surface area contributed by atoms with E-state index in [4.69, 9.17) is 0 Å². The van der Waals surface area contributed by atoms with Gasteiger partial charge in [-0.3, -0.25) is 0 Å². The maximum atomic E-state index is 3.98. The van der Waals surface area contributed by atoms with Gasteiger partial charge in [0.2, 0.25) is 5.13 Å². The number of aromatic nitrogens is 2. The first-order valence-electron chi connectivity index (χ1n) is 5.42. The van der Waals surface area contributed by atoms with Gasteiger partial charge in [-0.1, -0.05) is 25.2 Å². The van der Waals surface area contributed by atoms with Crippen LogP contribution in [0.25, 0.3) is 0 Å². The van der Waals surface area contributed by atoms with Gasteiger partial charge in [0, 0.05) is 12.6 Å². The fourth-order valence-electron chi connectivity index (χ4n) is 2.06. The van der Waals surface area contributed by atoms with Crippen LogP contribution in [0.3, 0.4) is 0 Å². The largest absolute Gasteiger partial charge is 0.359 e. The summed E-state index contributed by atoms with van der Waals surface area (Å²) in [6.45, 7) is 6.71. The van der Waals surface area contributed by atoms with Gasteiger partial charge in [-0.2, -0.15) is 0 Å². The SMILES string of the molecule is CC1(C)CCCNC1CNc1nncs1. The fourth-order valence-corrected chi connectivity index (χ4v) is 2.51. The van der Waals surface area contributed by atoms with Crippen LogP contribution >= 0.6 is 11.3 Å². The molecule has 1 saturated heterocycles. The van der Waals surface area contributed by atoms with Crippen molar-refractivity contribution in [3.05, 3.63) is 5.51 Å². The molecule has 4 nitrogen and oxygen atoms in total. The maximum absolute atomic E-state index is 3.98. The Hall–Kier alpha value is -0.680. The van der Waals surface area contributed by atoms with Gasteiger partial charge in [0.05, 0.1) is 0 Å². The third-order valence-corrected chi connectivity index (χ3v) is 3.80. The minimum Gasteiger partial charge on any atom is -0.359 e. The van der Waals surface area contributed by atoms with Crippen molar-refractivity contribution in [2.24, 2.45) is 5.41 Å². The molecule has 1 unspecified atom stereocenters. The molecule has 0 radical (unpaired) electrons. The Kier molecular flexibility index (Phi) is 3.21. The highest BCUT2D eigenvalue weighted by Crippen LogP contribution is 2.30. The quantitative estimate of drug-likeness (QED) is 0.824. The number of anilines is 1. The minimum absolute atomic E-state index is 0.371. The Labute approximate surface area is 94.5 Å². The smallest absolute Gasteiger partial charge is 0.205 e. The van der Waals surface area contributed by atoms with Gasteiger partial charge in [0.15, 0.2) is 0 Å². The van der Waals surface area contributed by atoms with Crippen molar-refractivity contribution < 1.29 is 0 Å². The van der Waals surface area contributed by atoms with E-state index >= 15 is 0 Å². The van der Waals surface area contributed by atoms with Gasteiger partial charge >= 0.3 is 0 Å². The van der Waals surface area contributed by atoms with Crippen LogP contribution < -0.4 is 10.6 Å². The van der Waals surface area contributed by atoms with Crippen LogP contribution in [0, 0.1) is 5.41 Å². The van der Waals surface area contributed by atoms with E-state index in [9.17, 15) is 0 Å². The van der Waals surface area contributed by atoms with Crippen LogP contribution in [0.15, 0.2) is 5.51 Å². The Bertz CT molecular complexity index is 296. The summed E-state index contributed by atoms with van der Waals surface area (Å²) in [5.74, 6) is 0. The molecule has 2 rings (SSSR count). The fraction of sp³-hybridized carbons (Fsp3) is 0.800. The molecule has 2 heterocycles. The summed E-state index contributed by atoms with van der Waals surface area (Å²) in [5, 5.41) is 15.6. The van der Waals surface area contributed by atoms with Gasteiger partial charge in [0.1, 0.15) is 5.51 Å². The van der Waals surface area contributed by atoms with E-state index in [0.29, 0.717) is 11.5 Å². The molecule has 1 aromatic rings. The molecule has 0 aromatic carbocycles. The van der Waals surface area contributed by atoms with Crippen LogP contribution in [0.1, 0.15) is 26.7 Å². The zero-order valence-corrected chi connectivity index (χ0v) is 10.1. The van der Waals surface area contributed by atoms with E-state index in [-0.39, 0.29) is 0 Å². The lowest BCUT2D eigenvalue weighted by atomic mass is 9.77. The van der Waals surface area contributed by atoms with E-state index in [1.807, 2.05) is 0 Å². The average Bonchev–Trinajstić information content (AvgIpc) is 2.68. The third kappa shape index (κ3) is 2.66. The Morgan fingerprint density at radius 1 is 1.67 bits per heavy atom. The first-order valence-corrected chi connectivity index (χ1v) is 6.30. The summed E-state index contributed by atoms with van der Waals surface area (Å²) < 4.78 is 0. The maximum Gasteiger partial charge on any atom is 0.205 e. The first kappa shape index (κ1) is 10.8. The molecule has 1 atom stereocenters. The van der Waals surface area contributed by atoms with Crippen molar-refractivity contribution in [3.8, 4) is 0 Å². The summed E-state index contributed by atoms with van der Waals surface area (Å²) in [6.07, 6.45) is 2.57. The highest BCUT2D eigenvalue weighted by Gasteiger charge is 2.31. The number of nitrogens with zero attached hydrogens (tertiary/aromatic N) is 2. The Balaban J connectivity index is 1.88. The molecule has 1 aliphatic rings. The summed E-state index contributed by atoms with van der Waals surface area (Å²) >= 11 is 1.55. The van der Waals surface area contributed by atoms with Crippen LogP contribution in [-0.2, 0) is 0 Å². The lowest BCUT2D eigenvalue weighted by Gasteiger charge is -2.39. The Morgan fingerprint density at radius 2 is 2.53 bits per heavy atom. The molecule has 1 fully saturated rings. The average molecular weight is 226 g/mol. The molecular formula is C10H18N4S. The molecule has 1 aliphatic heterocycles. The highest BCUT2D eigenvalue weighted by molar-refractivity contribution is 7.13. The van der Waals surface area contributed by atoms with Gasteiger partial charge in [-0.25, -0.2) is 0 Å². The summed E-state index contributed by atoms with van der Waals surface area (Å²) in [5.41, 5.74) is 2.12.